The van der Waals surface area contributed by atoms with Crippen molar-refractivity contribution >= 4 is 50.9 Å². The number of benzene rings is 3. The Hall–Kier alpha value is -7.21. The van der Waals surface area contributed by atoms with Crippen molar-refractivity contribution in [2.75, 3.05) is 47.6 Å². The van der Waals surface area contributed by atoms with Crippen LogP contribution in [0.5, 0.6) is 0 Å². The molecule has 1 saturated heterocycles. The maximum absolute atomic E-state index is 13.3. The summed E-state index contributed by atoms with van der Waals surface area (Å²) in [6.45, 7) is 8.38. The standard InChI is InChI=1S/C45H47N9O8S/c1-5-61-43(57)39-27-48-54(30(39)4)37-9-7-8-35(26-37)50-42(56)32-19-23-52(24-20-32)45-46-22-18-34(51-45)21-25-62-44(58)40-28-47-53(29(40)3)36-14-10-31(11-15-36)41(55)49-33-12-16-38(17-13-33)63(59,60)6-2/h7-18,22,26-28,32H,5-6,19-21,23-25H2,1-4H3,(H,49,55)(H,50,56). The molecule has 63 heavy (non-hydrogen) atoms. The van der Waals surface area contributed by atoms with Crippen molar-refractivity contribution in [3.05, 3.63) is 131 Å². The number of carbonyl (C=O) groups excluding carboxylic acids is 4. The fourth-order valence-corrected chi connectivity index (χ4v) is 8.01. The Morgan fingerprint density at radius 3 is 2.06 bits per heavy atom. The topological polar surface area (TPSA) is 210 Å². The van der Waals surface area contributed by atoms with Gasteiger partial charge in [-0.2, -0.15) is 10.2 Å². The molecule has 3 aromatic heterocycles. The van der Waals surface area contributed by atoms with Crippen LogP contribution in [0.4, 0.5) is 17.3 Å². The van der Waals surface area contributed by atoms with E-state index < -0.39 is 21.8 Å². The number of aromatic nitrogens is 6. The van der Waals surface area contributed by atoms with Crippen LogP contribution in [0.1, 0.15) is 74.8 Å². The van der Waals surface area contributed by atoms with Crippen molar-refractivity contribution in [3.63, 3.8) is 0 Å². The summed E-state index contributed by atoms with van der Waals surface area (Å²) in [4.78, 5) is 63.0. The molecule has 0 spiro atoms. The molecule has 0 saturated carbocycles. The van der Waals surface area contributed by atoms with Gasteiger partial charge in [-0.1, -0.05) is 13.0 Å². The minimum absolute atomic E-state index is 0.0129. The van der Waals surface area contributed by atoms with E-state index in [9.17, 15) is 27.6 Å². The number of sulfone groups is 1. The lowest BCUT2D eigenvalue weighted by atomic mass is 9.96. The van der Waals surface area contributed by atoms with Crippen LogP contribution >= 0.6 is 0 Å². The second-order valence-corrected chi connectivity index (χ2v) is 17.1. The number of piperidine rings is 1. The minimum Gasteiger partial charge on any atom is -0.462 e. The Kier molecular flexibility index (Phi) is 13.4. The van der Waals surface area contributed by atoms with Gasteiger partial charge in [0.1, 0.15) is 11.1 Å². The molecule has 3 aromatic carbocycles. The maximum atomic E-state index is 13.3. The van der Waals surface area contributed by atoms with Crippen LogP contribution in [-0.4, -0.2) is 93.8 Å². The molecule has 4 heterocycles. The van der Waals surface area contributed by atoms with Gasteiger partial charge in [-0.05, 0) is 106 Å². The quantitative estimate of drug-likeness (QED) is 0.115. The summed E-state index contributed by atoms with van der Waals surface area (Å²) in [5.74, 6) is -1.10. The van der Waals surface area contributed by atoms with Gasteiger partial charge in [0, 0.05) is 54.3 Å². The van der Waals surface area contributed by atoms with Gasteiger partial charge in [-0.25, -0.2) is 37.3 Å². The molecule has 0 atom stereocenters. The number of hydrogen-bond donors (Lipinski definition) is 2. The van der Waals surface area contributed by atoms with Crippen molar-refractivity contribution in [1.29, 1.82) is 0 Å². The van der Waals surface area contributed by atoms with E-state index in [2.05, 4.69) is 25.8 Å². The van der Waals surface area contributed by atoms with Gasteiger partial charge in [-0.15, -0.1) is 0 Å². The zero-order valence-electron chi connectivity index (χ0n) is 35.3. The molecule has 2 N–H and O–H groups in total. The summed E-state index contributed by atoms with van der Waals surface area (Å²) in [5.41, 5.74) is 5.38. The Morgan fingerprint density at radius 2 is 1.41 bits per heavy atom. The second kappa shape index (κ2) is 19.2. The molecule has 1 aliphatic heterocycles. The summed E-state index contributed by atoms with van der Waals surface area (Å²) >= 11 is 0. The van der Waals surface area contributed by atoms with Crippen molar-refractivity contribution < 1.29 is 37.1 Å². The zero-order chi connectivity index (χ0) is 44.7. The van der Waals surface area contributed by atoms with E-state index in [1.54, 1.807) is 85.7 Å². The monoisotopic (exact) mass is 873 g/mol. The van der Waals surface area contributed by atoms with E-state index in [0.29, 0.717) is 94.8 Å². The molecule has 0 bridgehead atoms. The molecule has 0 unspecified atom stereocenters. The van der Waals surface area contributed by atoms with E-state index in [1.807, 2.05) is 29.2 Å². The number of amides is 2. The average Bonchev–Trinajstić information content (AvgIpc) is 3.88. The van der Waals surface area contributed by atoms with E-state index in [1.165, 1.54) is 24.5 Å². The largest absolute Gasteiger partial charge is 0.462 e. The molecule has 1 aliphatic rings. The van der Waals surface area contributed by atoms with E-state index >= 15 is 0 Å². The third-order valence-corrected chi connectivity index (χ3v) is 12.5. The highest BCUT2D eigenvalue weighted by molar-refractivity contribution is 7.91. The van der Waals surface area contributed by atoms with Gasteiger partial charge in [0.15, 0.2) is 9.84 Å². The maximum Gasteiger partial charge on any atom is 0.341 e. The van der Waals surface area contributed by atoms with E-state index in [4.69, 9.17) is 14.5 Å². The fourth-order valence-electron chi connectivity index (χ4n) is 7.12. The van der Waals surface area contributed by atoms with Crippen LogP contribution in [-0.2, 0) is 30.5 Å². The smallest absolute Gasteiger partial charge is 0.341 e. The third kappa shape index (κ3) is 10.1. The van der Waals surface area contributed by atoms with Gasteiger partial charge < -0.3 is 25.0 Å². The first-order valence-corrected chi connectivity index (χ1v) is 22.2. The minimum atomic E-state index is -3.35. The predicted octanol–water partition coefficient (Wildman–Crippen LogP) is 5.94. The molecule has 7 rings (SSSR count). The van der Waals surface area contributed by atoms with Crippen molar-refractivity contribution in [3.8, 4) is 11.4 Å². The van der Waals surface area contributed by atoms with Gasteiger partial charge in [-0.3, -0.25) is 9.59 Å². The van der Waals surface area contributed by atoms with E-state index in [-0.39, 0.29) is 41.6 Å². The predicted molar refractivity (Wildman–Crippen MR) is 234 cm³/mol. The van der Waals surface area contributed by atoms with Crippen LogP contribution in [0, 0.1) is 19.8 Å². The van der Waals surface area contributed by atoms with Crippen molar-refractivity contribution in [2.45, 2.75) is 51.9 Å². The summed E-state index contributed by atoms with van der Waals surface area (Å²) in [6.07, 6.45) is 6.17. The first kappa shape index (κ1) is 43.9. The fraction of sp³-hybridized carbons (Fsp3) is 0.289. The van der Waals surface area contributed by atoms with Crippen LogP contribution in [0.2, 0.25) is 0 Å². The number of ether oxygens (including phenoxy) is 2. The number of esters is 2. The van der Waals surface area contributed by atoms with E-state index in [0.717, 1.165) is 0 Å². The molecular weight excluding hydrogens is 827 g/mol. The highest BCUT2D eigenvalue weighted by Crippen LogP contribution is 2.25. The highest BCUT2D eigenvalue weighted by atomic mass is 32.2. The normalized spacial score (nSPS) is 13.0. The lowest BCUT2D eigenvalue weighted by Crippen LogP contribution is -2.39. The van der Waals surface area contributed by atoms with Crippen LogP contribution in [0.15, 0.2) is 102 Å². The second-order valence-electron chi connectivity index (χ2n) is 14.8. The molecule has 1 fully saturated rings. The number of nitrogens with one attached hydrogen (secondary N) is 2. The zero-order valence-corrected chi connectivity index (χ0v) is 36.1. The summed E-state index contributed by atoms with van der Waals surface area (Å²) < 4.78 is 38.1. The van der Waals surface area contributed by atoms with Crippen molar-refractivity contribution in [1.82, 2.24) is 29.5 Å². The number of hydrogen-bond acceptors (Lipinski definition) is 13. The first-order valence-electron chi connectivity index (χ1n) is 20.5. The summed E-state index contributed by atoms with van der Waals surface area (Å²) in [7, 11) is -3.35. The average molecular weight is 874 g/mol. The van der Waals surface area contributed by atoms with Crippen LogP contribution in [0.25, 0.3) is 11.4 Å². The molecule has 326 valence electrons. The number of anilines is 3. The van der Waals surface area contributed by atoms with Gasteiger partial charge >= 0.3 is 11.9 Å². The van der Waals surface area contributed by atoms with Crippen molar-refractivity contribution in [2.24, 2.45) is 5.92 Å². The number of nitrogens with zero attached hydrogens (tertiary/aromatic N) is 7. The third-order valence-electron chi connectivity index (χ3n) is 10.8. The highest BCUT2D eigenvalue weighted by Gasteiger charge is 2.27. The number of carbonyl (C=O) groups is 4. The lowest BCUT2D eigenvalue weighted by Gasteiger charge is -2.31. The Bertz CT molecular complexity index is 2740. The molecule has 17 nitrogen and oxygen atoms in total. The molecular formula is C45H47N9O8S. The first-order chi connectivity index (χ1) is 30.3. The Balaban J connectivity index is 0.873. The van der Waals surface area contributed by atoms with Gasteiger partial charge in [0.05, 0.1) is 59.0 Å². The molecule has 6 aromatic rings. The van der Waals surface area contributed by atoms with Gasteiger partial charge in [0.25, 0.3) is 5.91 Å². The molecule has 0 radical (unpaired) electrons. The Morgan fingerprint density at radius 1 is 0.762 bits per heavy atom. The Labute approximate surface area is 364 Å². The molecule has 0 aliphatic carbocycles. The van der Waals surface area contributed by atoms with Crippen LogP contribution in [0.3, 0.4) is 0 Å². The lowest BCUT2D eigenvalue weighted by molar-refractivity contribution is -0.120. The molecule has 18 heteroatoms. The molecule has 2 amide bonds. The SMILES string of the molecule is CCOC(=O)c1cnn(-c2cccc(NC(=O)C3CCN(c4nccc(CCOC(=O)c5cnn(-c6ccc(C(=O)Nc7ccc(S(=O)(=O)CC)cc7)cc6)c5C)n4)CC3)c2)c1C. The van der Waals surface area contributed by atoms with Gasteiger partial charge in [0.2, 0.25) is 11.9 Å². The van der Waals surface area contributed by atoms with Crippen LogP contribution < -0.4 is 15.5 Å². The summed E-state index contributed by atoms with van der Waals surface area (Å²) in [6, 6.07) is 21.8. The number of rotatable bonds is 15. The summed E-state index contributed by atoms with van der Waals surface area (Å²) in [5, 5.41) is 14.5.